The maximum atomic E-state index is 12.2. The minimum absolute atomic E-state index is 0.123. The first kappa shape index (κ1) is 12.0. The maximum absolute atomic E-state index is 12.2. The summed E-state index contributed by atoms with van der Waals surface area (Å²) in [6, 6.07) is 11.4. The highest BCUT2D eigenvalue weighted by molar-refractivity contribution is 9.10. The Bertz CT molecular complexity index is 1050. The van der Waals surface area contributed by atoms with E-state index in [1.54, 1.807) is 6.07 Å². The molecular weight excluding hydrogens is 340 g/mol. The van der Waals surface area contributed by atoms with Crippen LogP contribution in [-0.4, -0.2) is 9.97 Å². The molecule has 4 rings (SSSR count). The van der Waals surface area contributed by atoms with Gasteiger partial charge >= 0.3 is 0 Å². The molecule has 3 nitrogen and oxygen atoms in total. The van der Waals surface area contributed by atoms with Gasteiger partial charge in [0.25, 0.3) is 5.56 Å². The van der Waals surface area contributed by atoms with E-state index in [1.807, 2.05) is 30.3 Å². The fourth-order valence-electron chi connectivity index (χ4n) is 2.63. The van der Waals surface area contributed by atoms with E-state index in [1.165, 1.54) is 0 Å². The topological polar surface area (TPSA) is 48.6 Å². The van der Waals surface area contributed by atoms with Gasteiger partial charge in [-0.05, 0) is 36.4 Å². The van der Waals surface area contributed by atoms with E-state index in [-0.39, 0.29) is 5.56 Å². The molecule has 2 heterocycles. The summed E-state index contributed by atoms with van der Waals surface area (Å²) in [5, 5.41) is 3.50. The van der Waals surface area contributed by atoms with Gasteiger partial charge in [-0.3, -0.25) is 4.79 Å². The molecule has 0 aliphatic carbocycles. The summed E-state index contributed by atoms with van der Waals surface area (Å²) in [6.07, 6.45) is 0. The zero-order valence-electron chi connectivity index (χ0n) is 10.1. The quantitative estimate of drug-likeness (QED) is 0.480. The van der Waals surface area contributed by atoms with Crippen LogP contribution in [0.3, 0.4) is 0 Å². The molecule has 2 aromatic carbocycles. The predicted octanol–water partition coefficient (Wildman–Crippen LogP) is 4.58. The Balaban J connectivity index is 2.39. The molecule has 5 heteroatoms. The van der Waals surface area contributed by atoms with Crippen LogP contribution in [0.4, 0.5) is 0 Å². The lowest BCUT2D eigenvalue weighted by molar-refractivity contribution is 1.32. The number of hydrogen-bond donors (Lipinski definition) is 2. The summed E-state index contributed by atoms with van der Waals surface area (Å²) in [4.78, 5) is 18.3. The van der Waals surface area contributed by atoms with Gasteiger partial charge in [-0.1, -0.05) is 27.5 Å². The minimum atomic E-state index is -0.123. The largest absolute Gasteiger partial charge is 0.350 e. The number of benzene rings is 2. The van der Waals surface area contributed by atoms with E-state index in [9.17, 15) is 4.79 Å². The third kappa shape index (κ3) is 1.62. The molecule has 0 spiro atoms. The van der Waals surface area contributed by atoms with Crippen LogP contribution in [0.5, 0.6) is 0 Å². The SMILES string of the molecule is O=c1[nH]c2ccc(Cl)cc2c2c1[nH]c1ccc(Br)cc12. The first-order valence-electron chi connectivity index (χ1n) is 6.06. The second kappa shape index (κ2) is 4.11. The van der Waals surface area contributed by atoms with Crippen molar-refractivity contribution in [2.45, 2.75) is 0 Å². The molecule has 2 N–H and O–H groups in total. The summed E-state index contributed by atoms with van der Waals surface area (Å²) in [6.45, 7) is 0. The van der Waals surface area contributed by atoms with Crippen LogP contribution >= 0.6 is 27.5 Å². The first-order valence-corrected chi connectivity index (χ1v) is 7.23. The van der Waals surface area contributed by atoms with Crippen molar-refractivity contribution >= 4 is 60.2 Å². The van der Waals surface area contributed by atoms with Gasteiger partial charge in [-0.25, -0.2) is 0 Å². The monoisotopic (exact) mass is 346 g/mol. The maximum Gasteiger partial charge on any atom is 0.272 e. The molecule has 0 radical (unpaired) electrons. The Morgan fingerprint density at radius 2 is 1.65 bits per heavy atom. The first-order chi connectivity index (χ1) is 9.63. The molecule has 0 saturated carbocycles. The second-order valence-electron chi connectivity index (χ2n) is 4.71. The third-order valence-corrected chi connectivity index (χ3v) is 4.22. The molecule has 0 bridgehead atoms. The minimum Gasteiger partial charge on any atom is -0.350 e. The van der Waals surface area contributed by atoms with Crippen molar-refractivity contribution < 1.29 is 0 Å². The van der Waals surface area contributed by atoms with Crippen molar-refractivity contribution in [3.8, 4) is 0 Å². The fourth-order valence-corrected chi connectivity index (χ4v) is 3.16. The average Bonchev–Trinajstić information content (AvgIpc) is 2.79. The molecule has 20 heavy (non-hydrogen) atoms. The van der Waals surface area contributed by atoms with Crippen LogP contribution in [0.1, 0.15) is 0 Å². The summed E-state index contributed by atoms with van der Waals surface area (Å²) in [5.41, 5.74) is 2.17. The van der Waals surface area contributed by atoms with Gasteiger partial charge in [-0.2, -0.15) is 0 Å². The lowest BCUT2D eigenvalue weighted by Gasteiger charge is -2.01. The molecule has 2 aromatic heterocycles. The molecule has 0 saturated heterocycles. The number of H-pyrrole nitrogens is 2. The molecule has 0 amide bonds. The van der Waals surface area contributed by atoms with Gasteiger partial charge in [0.2, 0.25) is 0 Å². The lowest BCUT2D eigenvalue weighted by atomic mass is 10.1. The number of rotatable bonds is 0. The van der Waals surface area contributed by atoms with Crippen LogP contribution < -0.4 is 5.56 Å². The third-order valence-electron chi connectivity index (χ3n) is 3.49. The van der Waals surface area contributed by atoms with Crippen LogP contribution in [-0.2, 0) is 0 Å². The van der Waals surface area contributed by atoms with Gasteiger partial charge in [-0.15, -0.1) is 0 Å². The average molecular weight is 348 g/mol. The van der Waals surface area contributed by atoms with E-state index >= 15 is 0 Å². The van der Waals surface area contributed by atoms with Gasteiger partial charge < -0.3 is 9.97 Å². The van der Waals surface area contributed by atoms with Crippen molar-refractivity contribution in [1.82, 2.24) is 9.97 Å². The highest BCUT2D eigenvalue weighted by atomic mass is 79.9. The van der Waals surface area contributed by atoms with E-state index < -0.39 is 0 Å². The van der Waals surface area contributed by atoms with Crippen molar-refractivity contribution in [1.29, 1.82) is 0 Å². The number of halogens is 2. The van der Waals surface area contributed by atoms with Gasteiger partial charge in [0.05, 0.1) is 0 Å². The Hall–Kier alpha value is -1.78. The van der Waals surface area contributed by atoms with E-state index in [2.05, 4.69) is 25.9 Å². The molecule has 0 aliphatic rings. The van der Waals surface area contributed by atoms with Gasteiger partial charge in [0, 0.05) is 36.7 Å². The second-order valence-corrected chi connectivity index (χ2v) is 6.06. The molecule has 0 fully saturated rings. The Kier molecular flexibility index (Phi) is 2.46. The molecular formula is C15H8BrClN2O. The normalized spacial score (nSPS) is 11.7. The number of hydrogen-bond acceptors (Lipinski definition) is 1. The standard InChI is InChI=1S/C15H8BrClN2O/c16-7-1-3-11-9(5-7)13-10-6-8(17)2-4-12(10)19-15(20)14(13)18-11/h1-6,18H,(H,19,20). The number of aromatic nitrogens is 2. The molecule has 0 atom stereocenters. The van der Waals surface area contributed by atoms with Gasteiger partial charge in [0.15, 0.2) is 0 Å². The highest BCUT2D eigenvalue weighted by Crippen LogP contribution is 2.32. The highest BCUT2D eigenvalue weighted by Gasteiger charge is 2.12. The predicted molar refractivity (Wildman–Crippen MR) is 86.6 cm³/mol. The smallest absolute Gasteiger partial charge is 0.272 e. The molecule has 4 aromatic rings. The van der Waals surface area contributed by atoms with Crippen LogP contribution in [0, 0.1) is 0 Å². The number of nitrogens with one attached hydrogen (secondary N) is 2. The fraction of sp³-hybridized carbons (Fsp3) is 0. The van der Waals surface area contributed by atoms with Crippen LogP contribution in [0.15, 0.2) is 45.7 Å². The van der Waals surface area contributed by atoms with Crippen LogP contribution in [0.25, 0.3) is 32.7 Å². The molecule has 98 valence electrons. The summed E-state index contributed by atoms with van der Waals surface area (Å²) >= 11 is 9.57. The van der Waals surface area contributed by atoms with Gasteiger partial charge in [0.1, 0.15) is 5.52 Å². The van der Waals surface area contributed by atoms with Crippen molar-refractivity contribution in [2.24, 2.45) is 0 Å². The summed E-state index contributed by atoms with van der Waals surface area (Å²) in [7, 11) is 0. The Morgan fingerprint density at radius 3 is 2.50 bits per heavy atom. The molecule has 0 aliphatic heterocycles. The van der Waals surface area contributed by atoms with Crippen molar-refractivity contribution in [3.05, 3.63) is 56.2 Å². The van der Waals surface area contributed by atoms with Crippen molar-refractivity contribution in [2.75, 3.05) is 0 Å². The Labute approximate surface area is 126 Å². The zero-order chi connectivity index (χ0) is 13.9. The van der Waals surface area contributed by atoms with Crippen LogP contribution in [0.2, 0.25) is 5.02 Å². The Morgan fingerprint density at radius 1 is 0.950 bits per heavy atom. The summed E-state index contributed by atoms with van der Waals surface area (Å²) < 4.78 is 0.973. The van der Waals surface area contributed by atoms with Crippen molar-refractivity contribution in [3.63, 3.8) is 0 Å². The number of pyridine rings is 1. The lowest BCUT2D eigenvalue weighted by Crippen LogP contribution is -2.05. The number of aromatic amines is 2. The van der Waals surface area contributed by atoms with E-state index in [4.69, 9.17) is 11.6 Å². The zero-order valence-corrected chi connectivity index (χ0v) is 12.5. The van der Waals surface area contributed by atoms with E-state index in [0.717, 1.165) is 31.7 Å². The van der Waals surface area contributed by atoms with E-state index in [0.29, 0.717) is 10.5 Å². The summed E-state index contributed by atoms with van der Waals surface area (Å²) in [5.74, 6) is 0. The molecule has 0 unspecified atom stereocenters. The number of fused-ring (bicyclic) bond motifs is 5.